The van der Waals surface area contributed by atoms with E-state index in [9.17, 15) is 0 Å². The molecule has 1 unspecified atom stereocenters. The van der Waals surface area contributed by atoms with E-state index in [1.165, 1.54) is 62.7 Å². The molecule has 1 aliphatic heterocycles. The lowest BCUT2D eigenvalue weighted by molar-refractivity contribution is 0.0760. The van der Waals surface area contributed by atoms with Gasteiger partial charge in [0.05, 0.1) is 6.04 Å². The minimum atomic E-state index is 0.191. The van der Waals surface area contributed by atoms with Gasteiger partial charge in [-0.15, -0.1) is 0 Å². The molecule has 0 amide bonds. The molecule has 1 atom stereocenters. The van der Waals surface area contributed by atoms with E-state index >= 15 is 0 Å². The number of aromatic nitrogens is 1. The predicted octanol–water partition coefficient (Wildman–Crippen LogP) is 2.30. The second-order valence-corrected chi connectivity index (χ2v) is 6.34. The fourth-order valence-electron chi connectivity index (χ4n) is 4.25. The van der Waals surface area contributed by atoms with Crippen molar-refractivity contribution in [1.82, 2.24) is 15.3 Å². The second kappa shape index (κ2) is 5.80. The summed E-state index contributed by atoms with van der Waals surface area (Å²) in [6, 6.07) is 2.28. The molecule has 2 aliphatic rings. The summed E-state index contributed by atoms with van der Waals surface area (Å²) >= 11 is 0. The van der Waals surface area contributed by atoms with Crippen LogP contribution in [0.4, 0.5) is 0 Å². The summed E-state index contributed by atoms with van der Waals surface area (Å²) in [5, 5.41) is 0. The number of hydrogen-bond donors (Lipinski definition) is 2. The molecule has 1 aromatic heterocycles. The Morgan fingerprint density at radius 2 is 1.95 bits per heavy atom. The van der Waals surface area contributed by atoms with Crippen LogP contribution >= 0.6 is 0 Å². The number of nitrogens with zero attached hydrogens (tertiary/aromatic N) is 2. The number of likely N-dealkylation sites (tertiary alicyclic amines) is 1. The smallest absolute Gasteiger partial charge is 0.0661 e. The molecule has 1 aromatic rings. The summed E-state index contributed by atoms with van der Waals surface area (Å²) in [6.45, 7) is 4.60. The molecule has 2 fully saturated rings. The molecule has 0 spiro atoms. The van der Waals surface area contributed by atoms with Gasteiger partial charge in [-0.2, -0.15) is 0 Å². The molecule has 0 aromatic carbocycles. The summed E-state index contributed by atoms with van der Waals surface area (Å²) in [7, 11) is 0. The molecule has 3 N–H and O–H groups in total. The summed E-state index contributed by atoms with van der Waals surface area (Å²) < 4.78 is 0. The van der Waals surface area contributed by atoms with Crippen LogP contribution in [0.5, 0.6) is 0 Å². The number of pyridine rings is 1. The molecule has 110 valence electrons. The standard InChI is InChI=1S/C16H26N4/c1-13-6-9-18-12-14(13)15(19-17)16(7-2-3-8-16)20-10-4-5-11-20/h6,9,12,15,19H,2-5,7-8,10-11,17H2,1H3. The van der Waals surface area contributed by atoms with Crippen molar-refractivity contribution < 1.29 is 0 Å². The highest BCUT2D eigenvalue weighted by atomic mass is 15.3. The maximum absolute atomic E-state index is 6.00. The molecule has 4 nitrogen and oxygen atoms in total. The first-order valence-electron chi connectivity index (χ1n) is 7.89. The van der Waals surface area contributed by atoms with Crippen molar-refractivity contribution in [3.63, 3.8) is 0 Å². The highest BCUT2D eigenvalue weighted by Gasteiger charge is 2.47. The topological polar surface area (TPSA) is 54.2 Å². The van der Waals surface area contributed by atoms with Crippen molar-refractivity contribution >= 4 is 0 Å². The van der Waals surface area contributed by atoms with Gasteiger partial charge in [0.15, 0.2) is 0 Å². The highest BCUT2D eigenvalue weighted by Crippen LogP contribution is 2.46. The van der Waals surface area contributed by atoms with E-state index in [4.69, 9.17) is 5.84 Å². The van der Waals surface area contributed by atoms with Gasteiger partial charge in [-0.3, -0.25) is 21.2 Å². The Kier molecular flexibility index (Phi) is 4.06. The SMILES string of the molecule is Cc1ccncc1C(NN)C1(N2CCCC2)CCCC1. The number of rotatable bonds is 4. The fourth-order valence-corrected chi connectivity index (χ4v) is 4.25. The normalized spacial score (nSPS) is 24.1. The highest BCUT2D eigenvalue weighted by molar-refractivity contribution is 5.29. The van der Waals surface area contributed by atoms with Gasteiger partial charge < -0.3 is 0 Å². The largest absolute Gasteiger partial charge is 0.296 e. The van der Waals surface area contributed by atoms with Gasteiger partial charge in [0.25, 0.3) is 0 Å². The van der Waals surface area contributed by atoms with Gasteiger partial charge in [0, 0.05) is 17.9 Å². The molecule has 1 aliphatic carbocycles. The van der Waals surface area contributed by atoms with E-state index in [1.807, 2.05) is 12.4 Å². The van der Waals surface area contributed by atoms with Crippen LogP contribution in [0.2, 0.25) is 0 Å². The summed E-state index contributed by atoms with van der Waals surface area (Å²) in [5.74, 6) is 6.00. The van der Waals surface area contributed by atoms with E-state index in [0.717, 1.165) is 0 Å². The van der Waals surface area contributed by atoms with Gasteiger partial charge in [-0.25, -0.2) is 0 Å². The van der Waals surface area contributed by atoms with Gasteiger partial charge in [-0.05, 0) is 62.9 Å². The molecule has 20 heavy (non-hydrogen) atoms. The van der Waals surface area contributed by atoms with Crippen molar-refractivity contribution in [2.45, 2.75) is 57.0 Å². The zero-order valence-corrected chi connectivity index (χ0v) is 12.4. The summed E-state index contributed by atoms with van der Waals surface area (Å²) in [4.78, 5) is 7.02. The molecule has 2 heterocycles. The van der Waals surface area contributed by atoms with Gasteiger partial charge in [-0.1, -0.05) is 12.8 Å². The first kappa shape index (κ1) is 14.0. The van der Waals surface area contributed by atoms with E-state index in [2.05, 4.69) is 28.3 Å². The molecule has 3 rings (SSSR count). The van der Waals surface area contributed by atoms with Crippen LogP contribution in [0.15, 0.2) is 18.5 Å². The van der Waals surface area contributed by atoms with Gasteiger partial charge in [0.1, 0.15) is 0 Å². The molecular weight excluding hydrogens is 248 g/mol. The fraction of sp³-hybridized carbons (Fsp3) is 0.688. The lowest BCUT2D eigenvalue weighted by atomic mass is 9.81. The zero-order valence-electron chi connectivity index (χ0n) is 12.4. The molecule has 4 heteroatoms. The monoisotopic (exact) mass is 274 g/mol. The van der Waals surface area contributed by atoms with Crippen LogP contribution in [0.3, 0.4) is 0 Å². The Morgan fingerprint density at radius 3 is 2.55 bits per heavy atom. The molecule has 1 saturated heterocycles. The van der Waals surface area contributed by atoms with Crippen LogP contribution in [-0.4, -0.2) is 28.5 Å². The van der Waals surface area contributed by atoms with Crippen LogP contribution in [0, 0.1) is 6.92 Å². The lowest BCUT2D eigenvalue weighted by Gasteiger charge is -2.45. The van der Waals surface area contributed by atoms with E-state index in [-0.39, 0.29) is 11.6 Å². The molecule has 0 bridgehead atoms. The minimum absolute atomic E-state index is 0.191. The third-order valence-electron chi connectivity index (χ3n) is 5.30. The van der Waals surface area contributed by atoms with Gasteiger partial charge >= 0.3 is 0 Å². The average molecular weight is 274 g/mol. The Hall–Kier alpha value is -0.970. The Balaban J connectivity index is 1.98. The number of nitrogens with two attached hydrogens (primary N) is 1. The summed E-state index contributed by atoms with van der Waals surface area (Å²) in [6.07, 6.45) is 11.6. The second-order valence-electron chi connectivity index (χ2n) is 6.34. The van der Waals surface area contributed by atoms with E-state index in [1.54, 1.807) is 0 Å². The van der Waals surface area contributed by atoms with Crippen LogP contribution in [0.1, 0.15) is 55.7 Å². The average Bonchev–Trinajstić information content (AvgIpc) is 3.12. The number of nitrogens with one attached hydrogen (secondary N) is 1. The van der Waals surface area contributed by atoms with Crippen LogP contribution < -0.4 is 11.3 Å². The van der Waals surface area contributed by atoms with Crippen molar-refractivity contribution in [2.24, 2.45) is 5.84 Å². The van der Waals surface area contributed by atoms with Crippen molar-refractivity contribution in [3.05, 3.63) is 29.6 Å². The molecular formula is C16H26N4. The summed E-state index contributed by atoms with van der Waals surface area (Å²) in [5.41, 5.74) is 5.88. The maximum atomic E-state index is 6.00. The van der Waals surface area contributed by atoms with Crippen LogP contribution in [0.25, 0.3) is 0 Å². The van der Waals surface area contributed by atoms with Crippen molar-refractivity contribution in [2.75, 3.05) is 13.1 Å². The Bertz CT molecular complexity index is 448. The minimum Gasteiger partial charge on any atom is -0.296 e. The first-order valence-corrected chi connectivity index (χ1v) is 7.89. The number of hydrazine groups is 1. The Morgan fingerprint density at radius 1 is 1.25 bits per heavy atom. The van der Waals surface area contributed by atoms with Crippen LogP contribution in [-0.2, 0) is 0 Å². The zero-order chi connectivity index (χ0) is 14.0. The van der Waals surface area contributed by atoms with Crippen molar-refractivity contribution in [3.8, 4) is 0 Å². The molecule has 0 radical (unpaired) electrons. The van der Waals surface area contributed by atoms with Crippen molar-refractivity contribution in [1.29, 1.82) is 0 Å². The number of aryl methyl sites for hydroxylation is 1. The van der Waals surface area contributed by atoms with E-state index in [0.29, 0.717) is 0 Å². The Labute approximate surface area is 121 Å². The van der Waals surface area contributed by atoms with Gasteiger partial charge in [0.2, 0.25) is 0 Å². The third kappa shape index (κ3) is 2.26. The first-order chi connectivity index (χ1) is 9.78. The van der Waals surface area contributed by atoms with E-state index < -0.39 is 0 Å². The maximum Gasteiger partial charge on any atom is 0.0661 e. The number of hydrogen-bond acceptors (Lipinski definition) is 4. The lowest BCUT2D eigenvalue weighted by Crippen LogP contribution is -2.55. The predicted molar refractivity (Wildman–Crippen MR) is 81.0 cm³/mol. The molecule has 1 saturated carbocycles. The quantitative estimate of drug-likeness (QED) is 0.653. The third-order valence-corrected chi connectivity index (χ3v) is 5.30.